The molecule has 0 saturated heterocycles. The van der Waals surface area contributed by atoms with Crippen LogP contribution in [0.4, 0.5) is 4.39 Å². The van der Waals surface area contributed by atoms with Crippen LogP contribution in [0.15, 0.2) is 48.5 Å². The second-order valence-electron chi connectivity index (χ2n) is 5.91. The van der Waals surface area contributed by atoms with Gasteiger partial charge in [0.1, 0.15) is 5.82 Å². The summed E-state index contributed by atoms with van der Waals surface area (Å²) in [5.74, 6) is -0.421. The van der Waals surface area contributed by atoms with Gasteiger partial charge >= 0.3 is 0 Å². The maximum Gasteiger partial charge on any atom is 0.131 e. The average molecular weight is 385 g/mol. The van der Waals surface area contributed by atoms with Crippen molar-refractivity contribution in [3.8, 4) is 11.8 Å². The standard InChI is InChI=1S/C21H15Cl2FN2/c1-13-9-15(10-16(12-25)18-5-3-4-6-20(18)24)14(2)26(13)21-8-7-17(22)11-19(21)23/h3-11H,1-2H3. The Morgan fingerprint density at radius 2 is 1.85 bits per heavy atom. The Kier molecular flexibility index (Phi) is 5.18. The third kappa shape index (κ3) is 3.39. The number of nitriles is 1. The highest BCUT2D eigenvalue weighted by molar-refractivity contribution is 6.35. The number of allylic oxidation sites excluding steroid dienone is 1. The van der Waals surface area contributed by atoms with Gasteiger partial charge in [0.25, 0.3) is 0 Å². The molecular weight excluding hydrogens is 370 g/mol. The van der Waals surface area contributed by atoms with Crippen molar-refractivity contribution in [1.82, 2.24) is 4.57 Å². The minimum atomic E-state index is -0.421. The molecule has 130 valence electrons. The van der Waals surface area contributed by atoms with Crippen LogP contribution in [0.1, 0.15) is 22.5 Å². The maximum atomic E-state index is 14.0. The first-order valence-electron chi connectivity index (χ1n) is 7.93. The van der Waals surface area contributed by atoms with Crippen molar-refractivity contribution in [2.45, 2.75) is 13.8 Å². The van der Waals surface area contributed by atoms with E-state index in [2.05, 4.69) is 6.07 Å². The van der Waals surface area contributed by atoms with Gasteiger partial charge in [0.15, 0.2) is 0 Å². The molecule has 26 heavy (non-hydrogen) atoms. The van der Waals surface area contributed by atoms with E-state index in [0.717, 1.165) is 22.6 Å². The van der Waals surface area contributed by atoms with Crippen LogP contribution in [0.3, 0.4) is 0 Å². The Balaban J connectivity index is 2.14. The van der Waals surface area contributed by atoms with Gasteiger partial charge in [0.05, 0.1) is 22.4 Å². The van der Waals surface area contributed by atoms with E-state index < -0.39 is 5.82 Å². The van der Waals surface area contributed by atoms with Crippen molar-refractivity contribution in [3.63, 3.8) is 0 Å². The van der Waals surface area contributed by atoms with E-state index in [9.17, 15) is 9.65 Å². The summed E-state index contributed by atoms with van der Waals surface area (Å²) in [6, 6.07) is 15.6. The molecule has 0 saturated carbocycles. The summed E-state index contributed by atoms with van der Waals surface area (Å²) in [7, 11) is 0. The highest BCUT2D eigenvalue weighted by Gasteiger charge is 2.14. The first kappa shape index (κ1) is 18.3. The van der Waals surface area contributed by atoms with Crippen molar-refractivity contribution >= 4 is 34.9 Å². The quantitative estimate of drug-likeness (QED) is 0.467. The molecule has 0 radical (unpaired) electrons. The monoisotopic (exact) mass is 384 g/mol. The van der Waals surface area contributed by atoms with Gasteiger partial charge in [-0.3, -0.25) is 0 Å². The van der Waals surface area contributed by atoms with E-state index in [1.54, 1.807) is 36.4 Å². The molecule has 0 atom stereocenters. The van der Waals surface area contributed by atoms with Gasteiger partial charge in [-0.1, -0.05) is 41.4 Å². The third-order valence-corrected chi connectivity index (χ3v) is 4.74. The van der Waals surface area contributed by atoms with Gasteiger partial charge in [-0.05, 0) is 55.8 Å². The Morgan fingerprint density at radius 3 is 2.50 bits per heavy atom. The number of halogens is 3. The average Bonchev–Trinajstić information content (AvgIpc) is 2.88. The minimum Gasteiger partial charge on any atom is -0.316 e. The van der Waals surface area contributed by atoms with Crippen molar-refractivity contribution in [1.29, 1.82) is 5.26 Å². The number of benzene rings is 2. The fourth-order valence-electron chi connectivity index (χ4n) is 2.97. The molecule has 1 heterocycles. The molecule has 0 amide bonds. The van der Waals surface area contributed by atoms with Gasteiger partial charge in [-0.25, -0.2) is 4.39 Å². The van der Waals surface area contributed by atoms with Crippen molar-refractivity contribution in [2.24, 2.45) is 0 Å². The summed E-state index contributed by atoms with van der Waals surface area (Å²) in [6.45, 7) is 3.88. The minimum absolute atomic E-state index is 0.269. The predicted octanol–water partition coefficient (Wildman–Crippen LogP) is 6.60. The lowest BCUT2D eigenvalue weighted by molar-refractivity contribution is 0.624. The molecule has 0 aliphatic heterocycles. The molecule has 0 aliphatic carbocycles. The Morgan fingerprint density at radius 1 is 1.12 bits per heavy atom. The summed E-state index contributed by atoms with van der Waals surface area (Å²) < 4.78 is 16.0. The molecule has 2 aromatic carbocycles. The highest BCUT2D eigenvalue weighted by Crippen LogP contribution is 2.30. The van der Waals surface area contributed by atoms with Crippen LogP contribution in [-0.2, 0) is 0 Å². The number of hydrogen-bond donors (Lipinski definition) is 0. The van der Waals surface area contributed by atoms with E-state index >= 15 is 0 Å². The molecule has 0 bridgehead atoms. The van der Waals surface area contributed by atoms with E-state index in [1.165, 1.54) is 6.07 Å². The molecule has 3 rings (SSSR count). The second kappa shape index (κ2) is 7.37. The Hall–Kier alpha value is -2.54. The van der Waals surface area contributed by atoms with Gasteiger partial charge in [0, 0.05) is 22.0 Å². The molecule has 0 spiro atoms. The van der Waals surface area contributed by atoms with Gasteiger partial charge in [0.2, 0.25) is 0 Å². The molecule has 0 N–H and O–H groups in total. The molecule has 1 aromatic heterocycles. The van der Waals surface area contributed by atoms with E-state index in [0.29, 0.717) is 10.0 Å². The van der Waals surface area contributed by atoms with Gasteiger partial charge in [-0.2, -0.15) is 5.26 Å². The van der Waals surface area contributed by atoms with Crippen LogP contribution in [0.25, 0.3) is 17.3 Å². The summed E-state index contributed by atoms with van der Waals surface area (Å²) in [5, 5.41) is 10.6. The highest BCUT2D eigenvalue weighted by atomic mass is 35.5. The normalized spacial score (nSPS) is 11.5. The Bertz CT molecular complexity index is 1060. The van der Waals surface area contributed by atoms with E-state index in [4.69, 9.17) is 23.2 Å². The first-order chi connectivity index (χ1) is 12.4. The smallest absolute Gasteiger partial charge is 0.131 e. The lowest BCUT2D eigenvalue weighted by atomic mass is 10.0. The van der Waals surface area contributed by atoms with Crippen LogP contribution in [0, 0.1) is 31.0 Å². The fourth-order valence-corrected chi connectivity index (χ4v) is 3.47. The topological polar surface area (TPSA) is 28.7 Å². The summed E-state index contributed by atoms with van der Waals surface area (Å²) in [6.07, 6.45) is 1.70. The van der Waals surface area contributed by atoms with Crippen molar-refractivity contribution in [3.05, 3.63) is 86.9 Å². The van der Waals surface area contributed by atoms with Crippen LogP contribution >= 0.6 is 23.2 Å². The zero-order valence-electron chi connectivity index (χ0n) is 14.2. The second-order valence-corrected chi connectivity index (χ2v) is 6.75. The van der Waals surface area contributed by atoms with Crippen LogP contribution in [0.2, 0.25) is 10.0 Å². The molecule has 0 unspecified atom stereocenters. The maximum absolute atomic E-state index is 14.0. The number of aryl methyl sites for hydroxylation is 1. The lowest BCUT2D eigenvalue weighted by Gasteiger charge is -2.12. The molecule has 5 heteroatoms. The molecule has 0 aliphatic rings. The molecule has 0 fully saturated rings. The van der Waals surface area contributed by atoms with Crippen LogP contribution in [0.5, 0.6) is 0 Å². The van der Waals surface area contributed by atoms with E-state index in [1.807, 2.05) is 30.5 Å². The zero-order valence-corrected chi connectivity index (χ0v) is 15.7. The Labute approximate surface area is 161 Å². The SMILES string of the molecule is Cc1cc(C=C(C#N)c2ccccc2F)c(C)n1-c1ccc(Cl)cc1Cl. The number of nitrogens with zero attached hydrogens (tertiary/aromatic N) is 2. The summed E-state index contributed by atoms with van der Waals surface area (Å²) >= 11 is 12.3. The molecule has 3 aromatic rings. The van der Waals surface area contributed by atoms with Crippen molar-refractivity contribution < 1.29 is 4.39 Å². The first-order valence-corrected chi connectivity index (χ1v) is 8.69. The van der Waals surface area contributed by atoms with Gasteiger partial charge in [-0.15, -0.1) is 0 Å². The third-order valence-electron chi connectivity index (χ3n) is 4.21. The number of rotatable bonds is 3. The van der Waals surface area contributed by atoms with Crippen LogP contribution < -0.4 is 0 Å². The van der Waals surface area contributed by atoms with Crippen molar-refractivity contribution in [2.75, 3.05) is 0 Å². The van der Waals surface area contributed by atoms with E-state index in [-0.39, 0.29) is 11.1 Å². The fraction of sp³-hybridized carbons (Fsp3) is 0.0952. The van der Waals surface area contributed by atoms with Crippen LogP contribution in [-0.4, -0.2) is 4.57 Å². The summed E-state index contributed by atoms with van der Waals surface area (Å²) in [5.41, 5.74) is 4.03. The summed E-state index contributed by atoms with van der Waals surface area (Å²) in [4.78, 5) is 0. The largest absolute Gasteiger partial charge is 0.316 e. The molecule has 2 nitrogen and oxygen atoms in total. The zero-order chi connectivity index (χ0) is 18.8. The predicted molar refractivity (Wildman–Crippen MR) is 105 cm³/mol. The number of hydrogen-bond acceptors (Lipinski definition) is 1. The lowest BCUT2D eigenvalue weighted by Crippen LogP contribution is -2.00. The molecular formula is C21H15Cl2FN2. The van der Waals surface area contributed by atoms with Gasteiger partial charge < -0.3 is 4.57 Å². The number of aromatic nitrogens is 1.